The van der Waals surface area contributed by atoms with E-state index in [0.717, 1.165) is 10.1 Å². The SMILES string of the molecule is CC(O)(CC(=O)NCCn1ccc2ncnc(Nc3ccc(Oc4cccc5sccc45)c(Cl)c3)c21)C(F)(F)F.Cl. The molecule has 14 heteroatoms. The van der Waals surface area contributed by atoms with Crippen molar-refractivity contribution in [1.29, 1.82) is 0 Å². The van der Waals surface area contributed by atoms with Crippen molar-refractivity contribution in [3.8, 4) is 11.5 Å². The van der Waals surface area contributed by atoms with Gasteiger partial charge in [0.1, 0.15) is 23.3 Å². The Morgan fingerprint density at radius 2 is 1.95 bits per heavy atom. The number of fused-ring (bicyclic) bond motifs is 2. The second kappa shape index (κ2) is 12.1. The van der Waals surface area contributed by atoms with E-state index in [1.54, 1.807) is 46.4 Å². The van der Waals surface area contributed by atoms with Crippen LogP contribution in [0.1, 0.15) is 13.3 Å². The number of anilines is 2. The highest BCUT2D eigenvalue weighted by Crippen LogP contribution is 2.37. The molecule has 0 spiro atoms. The summed E-state index contributed by atoms with van der Waals surface area (Å²) in [5.74, 6) is 0.739. The number of benzene rings is 2. The van der Waals surface area contributed by atoms with Crippen molar-refractivity contribution in [3.05, 3.63) is 71.5 Å². The fourth-order valence-electron chi connectivity index (χ4n) is 4.07. The van der Waals surface area contributed by atoms with Crippen LogP contribution in [0.5, 0.6) is 11.5 Å². The maximum absolute atomic E-state index is 12.9. The lowest BCUT2D eigenvalue weighted by Gasteiger charge is -2.25. The van der Waals surface area contributed by atoms with Crippen molar-refractivity contribution in [2.24, 2.45) is 0 Å². The molecule has 5 aromatic rings. The average molecular weight is 626 g/mol. The quantitative estimate of drug-likeness (QED) is 0.162. The topological polar surface area (TPSA) is 101 Å². The number of halogens is 5. The van der Waals surface area contributed by atoms with Crippen LogP contribution in [0.4, 0.5) is 24.7 Å². The fourth-order valence-corrected chi connectivity index (χ4v) is 5.10. The second-order valence-corrected chi connectivity index (χ2v) is 10.6. The Balaban J connectivity index is 0.00000387. The number of thiophene rings is 1. The lowest BCUT2D eigenvalue weighted by atomic mass is 10.0. The van der Waals surface area contributed by atoms with Gasteiger partial charge < -0.3 is 25.0 Å². The number of amides is 1. The van der Waals surface area contributed by atoms with Crippen molar-refractivity contribution in [2.45, 2.75) is 31.7 Å². The number of carbonyl (C=O) groups excluding carboxylic acids is 1. The zero-order chi connectivity index (χ0) is 28.5. The maximum Gasteiger partial charge on any atom is 0.417 e. The zero-order valence-electron chi connectivity index (χ0n) is 21.4. The Hall–Kier alpha value is -3.58. The number of aromatic nitrogens is 3. The third kappa shape index (κ3) is 6.67. The van der Waals surface area contributed by atoms with Crippen LogP contribution in [0.25, 0.3) is 21.1 Å². The summed E-state index contributed by atoms with van der Waals surface area (Å²) >= 11 is 8.17. The standard InChI is InChI=1S/C27H23ClF3N5O3S.ClH/c1-26(38,27(29,30)31)14-23(37)32-9-11-36-10-7-19-24(36)25(34-15-33-19)35-16-5-6-21(18(28)13-16)39-20-3-2-4-22-17(20)8-12-40-22;/h2-8,10,12-13,15,38H,9,11,14H2,1H3,(H,32,37)(H,33,34,35);1H. The molecule has 0 radical (unpaired) electrons. The smallest absolute Gasteiger partial charge is 0.417 e. The van der Waals surface area contributed by atoms with Crippen LogP contribution in [0.2, 0.25) is 5.02 Å². The van der Waals surface area contributed by atoms with E-state index in [-0.39, 0.29) is 25.5 Å². The number of rotatable bonds is 9. The molecule has 0 bridgehead atoms. The number of hydrogen-bond acceptors (Lipinski definition) is 7. The predicted molar refractivity (Wildman–Crippen MR) is 156 cm³/mol. The molecule has 41 heavy (non-hydrogen) atoms. The van der Waals surface area contributed by atoms with Crippen molar-refractivity contribution in [1.82, 2.24) is 19.9 Å². The van der Waals surface area contributed by atoms with Gasteiger partial charge in [-0.05, 0) is 54.8 Å². The van der Waals surface area contributed by atoms with Crippen LogP contribution in [-0.4, -0.2) is 43.9 Å². The lowest BCUT2D eigenvalue weighted by Crippen LogP contribution is -2.46. The molecule has 5 rings (SSSR count). The number of alkyl halides is 3. The van der Waals surface area contributed by atoms with Crippen LogP contribution < -0.4 is 15.4 Å². The molecule has 216 valence electrons. The maximum atomic E-state index is 12.9. The van der Waals surface area contributed by atoms with E-state index >= 15 is 0 Å². The molecule has 3 N–H and O–H groups in total. The molecule has 0 aliphatic heterocycles. The molecule has 3 aromatic heterocycles. The van der Waals surface area contributed by atoms with E-state index in [0.29, 0.717) is 46.0 Å². The number of carbonyl (C=O) groups is 1. The highest BCUT2D eigenvalue weighted by atomic mass is 35.5. The largest absolute Gasteiger partial charge is 0.455 e. The monoisotopic (exact) mass is 625 g/mol. The van der Waals surface area contributed by atoms with Crippen molar-refractivity contribution in [3.63, 3.8) is 0 Å². The summed E-state index contributed by atoms with van der Waals surface area (Å²) in [5.41, 5.74) is -1.22. The van der Waals surface area contributed by atoms with E-state index in [9.17, 15) is 23.1 Å². The van der Waals surface area contributed by atoms with Crippen LogP contribution in [0.3, 0.4) is 0 Å². The summed E-state index contributed by atoms with van der Waals surface area (Å²) in [6, 6.07) is 14.8. The molecular formula is C27H24Cl2F3N5O3S. The number of nitrogens with zero attached hydrogens (tertiary/aromatic N) is 3. The van der Waals surface area contributed by atoms with Crippen molar-refractivity contribution in [2.75, 3.05) is 11.9 Å². The summed E-state index contributed by atoms with van der Waals surface area (Å²) in [4.78, 5) is 20.6. The Kier molecular flexibility index (Phi) is 8.97. The number of nitrogens with one attached hydrogen (secondary N) is 2. The normalized spacial score (nSPS) is 13.0. The molecule has 0 aliphatic carbocycles. The third-order valence-corrected chi connectivity index (χ3v) is 7.39. The molecule has 0 saturated carbocycles. The Labute approximate surface area is 247 Å². The summed E-state index contributed by atoms with van der Waals surface area (Å²) in [6.45, 7) is 0.822. The van der Waals surface area contributed by atoms with Gasteiger partial charge in [-0.2, -0.15) is 13.2 Å². The van der Waals surface area contributed by atoms with Gasteiger partial charge in [0.25, 0.3) is 0 Å². The van der Waals surface area contributed by atoms with Crippen LogP contribution in [-0.2, 0) is 11.3 Å². The van der Waals surface area contributed by atoms with Gasteiger partial charge in [-0.1, -0.05) is 17.7 Å². The molecule has 2 aromatic carbocycles. The molecular weight excluding hydrogens is 602 g/mol. The molecule has 0 aliphatic rings. The summed E-state index contributed by atoms with van der Waals surface area (Å²) < 4.78 is 47.5. The highest BCUT2D eigenvalue weighted by molar-refractivity contribution is 7.17. The van der Waals surface area contributed by atoms with Crippen molar-refractivity contribution < 1.29 is 27.8 Å². The Bertz CT molecular complexity index is 1690. The van der Waals surface area contributed by atoms with Crippen LogP contribution >= 0.6 is 35.3 Å². The first kappa shape index (κ1) is 30.4. The summed E-state index contributed by atoms with van der Waals surface area (Å²) in [7, 11) is 0. The zero-order valence-corrected chi connectivity index (χ0v) is 23.8. The minimum absolute atomic E-state index is 0. The molecule has 3 heterocycles. The number of aliphatic hydroxyl groups is 1. The predicted octanol–water partition coefficient (Wildman–Crippen LogP) is 7.08. The molecule has 0 saturated heterocycles. The van der Waals surface area contributed by atoms with Gasteiger partial charge >= 0.3 is 6.18 Å². The van der Waals surface area contributed by atoms with E-state index in [1.807, 2.05) is 29.6 Å². The van der Waals surface area contributed by atoms with Crippen molar-refractivity contribution >= 4 is 73.9 Å². The lowest BCUT2D eigenvalue weighted by molar-refractivity contribution is -0.253. The van der Waals surface area contributed by atoms with Gasteiger partial charge in [0.15, 0.2) is 11.4 Å². The first-order valence-electron chi connectivity index (χ1n) is 12.1. The van der Waals surface area contributed by atoms with Gasteiger partial charge in [0, 0.05) is 35.1 Å². The van der Waals surface area contributed by atoms with Gasteiger partial charge in [-0.3, -0.25) is 4.79 Å². The van der Waals surface area contributed by atoms with Crippen LogP contribution in [0.15, 0.2) is 66.4 Å². The molecule has 1 amide bonds. The molecule has 8 nitrogen and oxygen atoms in total. The first-order chi connectivity index (χ1) is 19.0. The molecule has 1 unspecified atom stereocenters. The molecule has 0 fully saturated rings. The average Bonchev–Trinajstić information content (AvgIpc) is 3.53. The van der Waals surface area contributed by atoms with Gasteiger partial charge in [-0.25, -0.2) is 9.97 Å². The minimum atomic E-state index is -4.91. The van der Waals surface area contributed by atoms with E-state index < -0.39 is 24.1 Å². The number of hydrogen-bond donors (Lipinski definition) is 3. The van der Waals surface area contributed by atoms with E-state index in [1.165, 1.54) is 6.33 Å². The van der Waals surface area contributed by atoms with Crippen LogP contribution in [0, 0.1) is 0 Å². The van der Waals surface area contributed by atoms with Gasteiger partial charge in [0.05, 0.1) is 17.0 Å². The van der Waals surface area contributed by atoms with Gasteiger partial charge in [0.2, 0.25) is 5.91 Å². The Morgan fingerprint density at radius 3 is 2.71 bits per heavy atom. The first-order valence-corrected chi connectivity index (χ1v) is 13.3. The Morgan fingerprint density at radius 1 is 1.15 bits per heavy atom. The van der Waals surface area contributed by atoms with E-state index in [4.69, 9.17) is 16.3 Å². The molecule has 1 atom stereocenters. The fraction of sp³-hybridized carbons (Fsp3) is 0.222. The minimum Gasteiger partial charge on any atom is -0.455 e. The summed E-state index contributed by atoms with van der Waals surface area (Å²) in [6.07, 6.45) is -2.88. The van der Waals surface area contributed by atoms with E-state index in [2.05, 4.69) is 20.6 Å². The second-order valence-electron chi connectivity index (χ2n) is 9.22. The summed E-state index contributed by atoms with van der Waals surface area (Å²) in [5, 5.41) is 18.5. The highest BCUT2D eigenvalue weighted by Gasteiger charge is 2.50. The number of ether oxygens (including phenoxy) is 1. The third-order valence-electron chi connectivity index (χ3n) is 6.21. The van der Waals surface area contributed by atoms with Gasteiger partial charge in [-0.15, -0.1) is 23.7 Å².